The largest absolute Gasteiger partial charge is 0.493 e. The van der Waals surface area contributed by atoms with Crippen LogP contribution in [0.2, 0.25) is 0 Å². The third-order valence-corrected chi connectivity index (χ3v) is 7.07. The third kappa shape index (κ3) is 4.17. The molecule has 0 aromatic heterocycles. The number of rotatable bonds is 5. The van der Waals surface area contributed by atoms with E-state index >= 15 is 0 Å². The van der Waals surface area contributed by atoms with Crippen LogP contribution in [0.5, 0.6) is 11.5 Å². The van der Waals surface area contributed by atoms with Crippen LogP contribution in [0.15, 0.2) is 70.0 Å². The molecular weight excluding hydrogens is 486 g/mol. The molecule has 2 aromatic rings. The van der Waals surface area contributed by atoms with Crippen LogP contribution < -0.4 is 14.8 Å². The summed E-state index contributed by atoms with van der Waals surface area (Å²) in [5.74, 6) is -0.181. The van der Waals surface area contributed by atoms with Crippen molar-refractivity contribution < 1.29 is 23.8 Å². The van der Waals surface area contributed by atoms with Crippen molar-refractivity contribution in [2.75, 3.05) is 21.3 Å². The Bertz CT molecular complexity index is 1170. The topological polar surface area (TPSA) is 73.9 Å². The normalized spacial score (nSPS) is 22.2. The highest BCUT2D eigenvalue weighted by Gasteiger charge is 2.45. The second kappa shape index (κ2) is 9.43. The lowest BCUT2D eigenvalue weighted by Gasteiger charge is -2.39. The van der Waals surface area contributed by atoms with E-state index in [0.717, 1.165) is 21.3 Å². The van der Waals surface area contributed by atoms with Crippen LogP contribution in [0.3, 0.4) is 0 Å². The van der Waals surface area contributed by atoms with E-state index in [9.17, 15) is 9.59 Å². The average molecular weight is 512 g/mol. The Hall–Kier alpha value is -3.06. The zero-order valence-electron chi connectivity index (χ0n) is 19.0. The molecule has 3 atom stereocenters. The lowest BCUT2D eigenvalue weighted by atomic mass is 9.68. The van der Waals surface area contributed by atoms with Crippen LogP contribution in [0.25, 0.3) is 0 Å². The molecule has 33 heavy (non-hydrogen) atoms. The quantitative estimate of drug-likeness (QED) is 0.578. The standard InChI is InChI=1S/C26H26BrNO5/c1-14-23(26(30)33-4)24(17-7-5-6-8-18(17)27)25-19(28-14)11-16(12-20(25)29)15-9-10-21(31-2)22(13-15)32-3/h5-11,13,16,24-25,28H,12H2,1-4H3. The van der Waals surface area contributed by atoms with E-state index in [1.807, 2.05) is 49.4 Å². The molecule has 6 nitrogen and oxygen atoms in total. The molecule has 4 rings (SSSR count). The van der Waals surface area contributed by atoms with E-state index in [1.54, 1.807) is 14.2 Å². The Kier molecular flexibility index (Phi) is 6.61. The van der Waals surface area contributed by atoms with Gasteiger partial charge in [-0.25, -0.2) is 4.79 Å². The number of nitrogens with one attached hydrogen (secondary N) is 1. The summed E-state index contributed by atoms with van der Waals surface area (Å²) in [6.45, 7) is 1.84. The highest BCUT2D eigenvalue weighted by molar-refractivity contribution is 9.10. The fourth-order valence-corrected chi connectivity index (χ4v) is 5.35. The molecule has 0 saturated carbocycles. The summed E-state index contributed by atoms with van der Waals surface area (Å²) >= 11 is 3.61. The molecule has 7 heteroatoms. The Morgan fingerprint density at radius 3 is 2.42 bits per heavy atom. The number of benzene rings is 2. The van der Waals surface area contributed by atoms with Gasteiger partial charge in [-0.05, 0) is 36.2 Å². The summed E-state index contributed by atoms with van der Waals surface area (Å²) in [6.07, 6.45) is 2.41. The first-order chi connectivity index (χ1) is 15.9. The molecule has 2 aliphatic rings. The van der Waals surface area contributed by atoms with E-state index in [-0.39, 0.29) is 11.7 Å². The first kappa shape index (κ1) is 23.1. The smallest absolute Gasteiger partial charge is 0.336 e. The summed E-state index contributed by atoms with van der Waals surface area (Å²) < 4.78 is 16.7. The number of methoxy groups -OCH3 is 3. The molecule has 0 saturated heterocycles. The van der Waals surface area contributed by atoms with Crippen molar-refractivity contribution in [3.05, 3.63) is 81.1 Å². The summed E-state index contributed by atoms with van der Waals surface area (Å²) in [5, 5.41) is 3.33. The molecular formula is C26H26BrNO5. The van der Waals surface area contributed by atoms with Gasteiger partial charge in [0.15, 0.2) is 11.5 Å². The molecule has 1 aliphatic carbocycles. The Morgan fingerprint density at radius 2 is 1.76 bits per heavy atom. The molecule has 2 aromatic carbocycles. The van der Waals surface area contributed by atoms with Gasteiger partial charge >= 0.3 is 5.97 Å². The van der Waals surface area contributed by atoms with E-state index < -0.39 is 17.8 Å². The molecule has 0 spiro atoms. The fraction of sp³-hybridized carbons (Fsp3) is 0.308. The van der Waals surface area contributed by atoms with Crippen LogP contribution in [-0.4, -0.2) is 33.1 Å². The Labute approximate surface area is 201 Å². The van der Waals surface area contributed by atoms with Crippen LogP contribution >= 0.6 is 15.9 Å². The van der Waals surface area contributed by atoms with Gasteiger partial charge in [-0.2, -0.15) is 0 Å². The molecule has 0 amide bonds. The van der Waals surface area contributed by atoms with Crippen molar-refractivity contribution in [3.63, 3.8) is 0 Å². The monoisotopic (exact) mass is 511 g/mol. The van der Waals surface area contributed by atoms with Gasteiger partial charge in [-0.15, -0.1) is 0 Å². The number of hydrogen-bond donors (Lipinski definition) is 1. The summed E-state index contributed by atoms with van der Waals surface area (Å²) in [6, 6.07) is 13.4. The minimum atomic E-state index is -0.502. The predicted octanol–water partition coefficient (Wildman–Crippen LogP) is 4.86. The number of allylic oxidation sites excluding steroid dienone is 3. The van der Waals surface area contributed by atoms with Gasteiger partial charge in [0.2, 0.25) is 0 Å². The number of ether oxygens (including phenoxy) is 3. The molecule has 1 aliphatic heterocycles. The number of hydrogen-bond acceptors (Lipinski definition) is 6. The maximum absolute atomic E-state index is 13.6. The van der Waals surface area contributed by atoms with Crippen LogP contribution in [0, 0.1) is 5.92 Å². The van der Waals surface area contributed by atoms with Gasteiger partial charge in [0.05, 0.1) is 32.8 Å². The van der Waals surface area contributed by atoms with Gasteiger partial charge in [0, 0.05) is 34.1 Å². The minimum absolute atomic E-state index is 0.0643. The number of ketones is 1. The zero-order chi connectivity index (χ0) is 23.7. The van der Waals surface area contributed by atoms with Crippen LogP contribution in [0.4, 0.5) is 0 Å². The first-order valence-corrected chi connectivity index (χ1v) is 11.5. The number of carbonyl (C=O) groups is 2. The number of carbonyl (C=O) groups excluding carboxylic acids is 2. The first-order valence-electron chi connectivity index (χ1n) is 10.7. The van der Waals surface area contributed by atoms with Gasteiger partial charge in [0.25, 0.3) is 0 Å². The summed E-state index contributed by atoms with van der Waals surface area (Å²) in [4.78, 5) is 26.4. The predicted molar refractivity (Wildman–Crippen MR) is 128 cm³/mol. The number of halogens is 1. The second-order valence-corrected chi connectivity index (χ2v) is 9.00. The second-order valence-electron chi connectivity index (χ2n) is 8.15. The maximum atomic E-state index is 13.6. The summed E-state index contributed by atoms with van der Waals surface area (Å²) in [5.41, 5.74) is 3.81. The van der Waals surface area contributed by atoms with Gasteiger partial charge in [-0.1, -0.05) is 46.3 Å². The lowest BCUT2D eigenvalue weighted by molar-refractivity contribution is -0.136. The van der Waals surface area contributed by atoms with Gasteiger partial charge < -0.3 is 19.5 Å². The van der Waals surface area contributed by atoms with Crippen molar-refractivity contribution in [2.24, 2.45) is 5.92 Å². The number of esters is 1. The maximum Gasteiger partial charge on any atom is 0.336 e. The molecule has 0 bridgehead atoms. The highest BCUT2D eigenvalue weighted by Crippen LogP contribution is 2.48. The van der Waals surface area contributed by atoms with Crippen LogP contribution in [-0.2, 0) is 14.3 Å². The zero-order valence-corrected chi connectivity index (χ0v) is 20.6. The average Bonchev–Trinajstić information content (AvgIpc) is 2.82. The number of Topliss-reactive ketones (excluding diaryl/α,β-unsaturated/α-hetero) is 1. The van der Waals surface area contributed by atoms with E-state index in [4.69, 9.17) is 14.2 Å². The Morgan fingerprint density at radius 1 is 1.03 bits per heavy atom. The van der Waals surface area contributed by atoms with Gasteiger partial charge in [-0.3, -0.25) is 4.79 Å². The molecule has 1 N–H and O–H groups in total. The minimum Gasteiger partial charge on any atom is -0.493 e. The van der Waals surface area contributed by atoms with E-state index in [0.29, 0.717) is 29.2 Å². The van der Waals surface area contributed by atoms with Crippen molar-refractivity contribution in [2.45, 2.75) is 25.2 Å². The summed E-state index contributed by atoms with van der Waals surface area (Å²) in [7, 11) is 4.55. The molecule has 0 fully saturated rings. The van der Waals surface area contributed by atoms with Crippen molar-refractivity contribution in [1.82, 2.24) is 5.32 Å². The molecule has 172 valence electrons. The van der Waals surface area contributed by atoms with Crippen LogP contribution in [0.1, 0.15) is 36.3 Å². The fourth-order valence-electron chi connectivity index (χ4n) is 4.82. The number of fused-ring (bicyclic) bond motifs is 1. The van der Waals surface area contributed by atoms with Crippen molar-refractivity contribution in [3.8, 4) is 11.5 Å². The van der Waals surface area contributed by atoms with E-state index in [1.165, 1.54) is 7.11 Å². The lowest BCUT2D eigenvalue weighted by Crippen LogP contribution is -2.41. The van der Waals surface area contributed by atoms with Crippen molar-refractivity contribution >= 4 is 27.7 Å². The van der Waals surface area contributed by atoms with Crippen molar-refractivity contribution in [1.29, 1.82) is 0 Å². The van der Waals surface area contributed by atoms with E-state index in [2.05, 4.69) is 27.3 Å². The molecule has 1 heterocycles. The Balaban J connectivity index is 1.82. The molecule has 3 unspecified atom stereocenters. The SMILES string of the molecule is COC(=O)C1=C(C)NC2=CC(c3ccc(OC)c(OC)c3)CC(=O)C2C1c1ccccc1Br. The highest BCUT2D eigenvalue weighted by atomic mass is 79.9. The third-order valence-electron chi connectivity index (χ3n) is 6.35. The molecule has 0 radical (unpaired) electrons. The van der Waals surface area contributed by atoms with Gasteiger partial charge in [0.1, 0.15) is 5.78 Å².